The van der Waals surface area contributed by atoms with Crippen molar-refractivity contribution in [1.29, 1.82) is 0 Å². The lowest BCUT2D eigenvalue weighted by Gasteiger charge is -2.26. The van der Waals surface area contributed by atoms with Gasteiger partial charge in [0.05, 0.1) is 12.2 Å². The highest BCUT2D eigenvalue weighted by molar-refractivity contribution is 7.15. The van der Waals surface area contributed by atoms with Gasteiger partial charge in [0.2, 0.25) is 0 Å². The van der Waals surface area contributed by atoms with Crippen LogP contribution in [0.3, 0.4) is 0 Å². The van der Waals surface area contributed by atoms with Crippen LogP contribution in [0.2, 0.25) is 0 Å². The molecular weight excluding hydrogens is 300 g/mol. The molecule has 0 saturated carbocycles. The van der Waals surface area contributed by atoms with Crippen LogP contribution in [-0.4, -0.2) is 35.4 Å². The molecule has 1 aromatic carbocycles. The maximum atomic E-state index is 12.5. The summed E-state index contributed by atoms with van der Waals surface area (Å²) in [6.45, 7) is 1.18. The quantitative estimate of drug-likeness (QED) is 0.891. The number of urea groups is 1. The summed E-state index contributed by atoms with van der Waals surface area (Å²) in [4.78, 5) is 31.1. The Morgan fingerprint density at radius 2 is 2.05 bits per heavy atom. The third-order valence-corrected chi connectivity index (χ3v) is 4.48. The maximum absolute atomic E-state index is 12.5. The number of fused-ring (bicyclic) bond motifs is 1. The zero-order valence-electron chi connectivity index (χ0n) is 12.1. The van der Waals surface area contributed by atoms with Crippen LogP contribution in [0.1, 0.15) is 20.9 Å². The van der Waals surface area contributed by atoms with Crippen LogP contribution in [0.15, 0.2) is 30.3 Å². The Kier molecular flexibility index (Phi) is 4.06. The van der Waals surface area contributed by atoms with E-state index in [2.05, 4.69) is 15.6 Å². The van der Waals surface area contributed by atoms with Crippen LogP contribution in [0.4, 0.5) is 9.93 Å². The fraction of sp³-hybridized carbons (Fsp3) is 0.267. The first-order valence-corrected chi connectivity index (χ1v) is 7.80. The summed E-state index contributed by atoms with van der Waals surface area (Å²) in [6.07, 6.45) is 0.708. The van der Waals surface area contributed by atoms with Crippen molar-refractivity contribution in [2.45, 2.75) is 13.0 Å². The zero-order chi connectivity index (χ0) is 15.5. The summed E-state index contributed by atoms with van der Waals surface area (Å²) in [6, 6.07) is 8.97. The molecule has 7 heteroatoms. The van der Waals surface area contributed by atoms with Gasteiger partial charge in [-0.25, -0.2) is 9.78 Å². The first-order chi connectivity index (χ1) is 10.7. The summed E-state index contributed by atoms with van der Waals surface area (Å²) in [5.41, 5.74) is 1.66. The van der Waals surface area contributed by atoms with Gasteiger partial charge in [-0.1, -0.05) is 29.5 Å². The molecule has 0 saturated heterocycles. The molecule has 0 atom stereocenters. The van der Waals surface area contributed by atoms with Crippen LogP contribution in [-0.2, 0) is 13.0 Å². The van der Waals surface area contributed by atoms with Gasteiger partial charge in [-0.15, -0.1) is 0 Å². The van der Waals surface area contributed by atoms with Gasteiger partial charge < -0.3 is 10.2 Å². The van der Waals surface area contributed by atoms with Crippen LogP contribution in [0, 0.1) is 0 Å². The second-order valence-electron chi connectivity index (χ2n) is 4.94. The molecule has 2 N–H and O–H groups in total. The number of carbonyl (C=O) groups is 2. The van der Waals surface area contributed by atoms with E-state index in [1.165, 1.54) is 11.3 Å². The van der Waals surface area contributed by atoms with E-state index in [4.69, 9.17) is 0 Å². The first kappa shape index (κ1) is 14.5. The van der Waals surface area contributed by atoms with E-state index in [9.17, 15) is 9.59 Å². The molecule has 1 aliphatic rings. The van der Waals surface area contributed by atoms with Crippen LogP contribution < -0.4 is 10.6 Å². The monoisotopic (exact) mass is 316 g/mol. The van der Waals surface area contributed by atoms with Gasteiger partial charge in [0, 0.05) is 30.5 Å². The van der Waals surface area contributed by atoms with Crippen molar-refractivity contribution in [3.63, 3.8) is 0 Å². The van der Waals surface area contributed by atoms with E-state index >= 15 is 0 Å². The number of aromatic nitrogens is 1. The van der Waals surface area contributed by atoms with Crippen molar-refractivity contribution in [2.75, 3.05) is 18.9 Å². The minimum absolute atomic E-state index is 0.0282. The number of carbonyl (C=O) groups excluding carboxylic acids is 2. The van der Waals surface area contributed by atoms with Crippen molar-refractivity contribution in [3.8, 4) is 0 Å². The molecule has 6 nitrogen and oxygen atoms in total. The van der Waals surface area contributed by atoms with Crippen LogP contribution >= 0.6 is 11.3 Å². The lowest BCUT2D eigenvalue weighted by molar-refractivity contribution is 0.0736. The zero-order valence-corrected chi connectivity index (χ0v) is 12.9. The number of anilines is 1. The fourth-order valence-corrected chi connectivity index (χ4v) is 3.36. The number of hydrogen-bond donors (Lipinski definition) is 2. The molecule has 2 heterocycles. The lowest BCUT2D eigenvalue weighted by atomic mass is 10.1. The number of nitrogens with zero attached hydrogens (tertiary/aromatic N) is 2. The Morgan fingerprint density at radius 3 is 2.77 bits per heavy atom. The molecule has 1 aromatic heterocycles. The maximum Gasteiger partial charge on any atom is 0.320 e. The van der Waals surface area contributed by atoms with Gasteiger partial charge in [-0.05, 0) is 12.1 Å². The van der Waals surface area contributed by atoms with Gasteiger partial charge in [0.1, 0.15) is 0 Å². The smallest absolute Gasteiger partial charge is 0.320 e. The van der Waals surface area contributed by atoms with E-state index in [-0.39, 0.29) is 11.9 Å². The topological polar surface area (TPSA) is 74.3 Å². The SMILES string of the molecule is CNC(=O)Nc1nc2c(s1)CN(C(=O)c1ccccc1)CC2. The fourth-order valence-electron chi connectivity index (χ4n) is 2.35. The molecule has 1 aliphatic heterocycles. The van der Waals surface area contributed by atoms with Crippen molar-refractivity contribution in [3.05, 3.63) is 46.5 Å². The molecule has 0 radical (unpaired) electrons. The summed E-state index contributed by atoms with van der Waals surface area (Å²) in [7, 11) is 1.56. The van der Waals surface area contributed by atoms with Gasteiger partial charge in [0.25, 0.3) is 5.91 Å². The average molecular weight is 316 g/mol. The van der Waals surface area contributed by atoms with E-state index < -0.39 is 0 Å². The van der Waals surface area contributed by atoms with Crippen molar-refractivity contribution in [1.82, 2.24) is 15.2 Å². The minimum Gasteiger partial charge on any atom is -0.341 e. The van der Waals surface area contributed by atoms with Crippen molar-refractivity contribution >= 4 is 28.4 Å². The molecule has 0 spiro atoms. The Balaban J connectivity index is 1.74. The molecule has 114 valence electrons. The van der Waals surface area contributed by atoms with E-state index in [0.717, 1.165) is 10.6 Å². The summed E-state index contributed by atoms with van der Waals surface area (Å²) >= 11 is 1.42. The predicted molar refractivity (Wildman–Crippen MR) is 85.1 cm³/mol. The Morgan fingerprint density at radius 1 is 1.27 bits per heavy atom. The van der Waals surface area contributed by atoms with E-state index in [1.54, 1.807) is 7.05 Å². The second-order valence-corrected chi connectivity index (χ2v) is 6.02. The summed E-state index contributed by atoms with van der Waals surface area (Å²) in [5.74, 6) is 0.0282. The molecule has 22 heavy (non-hydrogen) atoms. The van der Waals surface area contributed by atoms with Gasteiger partial charge >= 0.3 is 6.03 Å². The molecule has 3 rings (SSSR count). The van der Waals surface area contributed by atoms with Crippen molar-refractivity contribution in [2.24, 2.45) is 0 Å². The van der Waals surface area contributed by atoms with Gasteiger partial charge in [-0.3, -0.25) is 10.1 Å². The standard InChI is InChI=1S/C15H16N4O2S/c1-16-14(21)18-15-17-11-7-8-19(9-12(11)22-15)13(20)10-5-3-2-4-6-10/h2-6H,7-9H2,1H3,(H2,16,17,18,21). The molecule has 0 bridgehead atoms. The molecule has 0 aliphatic carbocycles. The van der Waals surface area contributed by atoms with Gasteiger partial charge in [-0.2, -0.15) is 0 Å². The van der Waals surface area contributed by atoms with Crippen molar-refractivity contribution < 1.29 is 9.59 Å². The largest absolute Gasteiger partial charge is 0.341 e. The minimum atomic E-state index is -0.289. The number of amides is 3. The number of benzene rings is 1. The molecule has 0 fully saturated rings. The second kappa shape index (κ2) is 6.15. The van der Waals surface area contributed by atoms with Gasteiger partial charge in [0.15, 0.2) is 5.13 Å². The number of hydrogen-bond acceptors (Lipinski definition) is 4. The predicted octanol–water partition coefficient (Wildman–Crippen LogP) is 2.09. The van der Waals surface area contributed by atoms with Crippen LogP contribution in [0.5, 0.6) is 0 Å². The Bertz CT molecular complexity index is 699. The normalized spacial score (nSPS) is 13.4. The Labute approximate surface area is 132 Å². The average Bonchev–Trinajstić information content (AvgIpc) is 2.96. The van der Waals surface area contributed by atoms with Crippen LogP contribution in [0.25, 0.3) is 0 Å². The highest BCUT2D eigenvalue weighted by Crippen LogP contribution is 2.28. The summed E-state index contributed by atoms with van der Waals surface area (Å²) < 4.78 is 0. The number of nitrogens with one attached hydrogen (secondary N) is 2. The summed E-state index contributed by atoms with van der Waals surface area (Å²) in [5, 5.41) is 5.74. The molecule has 0 unspecified atom stereocenters. The number of rotatable bonds is 2. The molecular formula is C15H16N4O2S. The molecule has 3 amide bonds. The first-order valence-electron chi connectivity index (χ1n) is 6.99. The molecule has 2 aromatic rings. The highest BCUT2D eigenvalue weighted by Gasteiger charge is 2.25. The van der Waals surface area contributed by atoms with E-state index in [1.807, 2.05) is 35.2 Å². The third kappa shape index (κ3) is 2.94. The lowest BCUT2D eigenvalue weighted by Crippen LogP contribution is -2.35. The Hall–Kier alpha value is -2.41. The van der Waals surface area contributed by atoms with E-state index in [0.29, 0.717) is 30.2 Å². The third-order valence-electron chi connectivity index (χ3n) is 3.49. The highest BCUT2D eigenvalue weighted by atomic mass is 32.1. The number of thiazole rings is 1.